The zero-order chi connectivity index (χ0) is 14.9. The van der Waals surface area contributed by atoms with E-state index in [9.17, 15) is 9.59 Å². The van der Waals surface area contributed by atoms with Crippen molar-refractivity contribution in [3.8, 4) is 0 Å². The summed E-state index contributed by atoms with van der Waals surface area (Å²) in [5.41, 5.74) is -0.638. The summed E-state index contributed by atoms with van der Waals surface area (Å²) in [7, 11) is 0. The molecule has 2 amide bonds. The lowest BCUT2D eigenvalue weighted by Crippen LogP contribution is -2.52. The molecular formula is C11H12N6O3S. The van der Waals surface area contributed by atoms with E-state index in [2.05, 4.69) is 30.2 Å². The molecule has 2 aromatic rings. The van der Waals surface area contributed by atoms with Crippen LogP contribution in [0.25, 0.3) is 0 Å². The smallest absolute Gasteiger partial charge is 0.353 e. The van der Waals surface area contributed by atoms with Crippen LogP contribution in [0, 0.1) is 0 Å². The van der Waals surface area contributed by atoms with Crippen molar-refractivity contribution in [1.29, 1.82) is 0 Å². The molecule has 0 atom stereocenters. The molecule has 4 N–H and O–H groups in total. The minimum atomic E-state index is -1.08. The number of carbonyl (C=O) groups is 2. The fourth-order valence-electron chi connectivity index (χ4n) is 2.21. The van der Waals surface area contributed by atoms with Gasteiger partial charge in [-0.05, 0) is 19.3 Å². The number of aromatic carboxylic acids is 1. The third-order valence-electron chi connectivity index (χ3n) is 3.42. The van der Waals surface area contributed by atoms with E-state index in [1.165, 1.54) is 12.4 Å². The Hall–Kier alpha value is -2.49. The number of carbonyl (C=O) groups excluding carboxylic acids is 1. The maximum atomic E-state index is 12.0. The highest BCUT2D eigenvalue weighted by Crippen LogP contribution is 2.39. The number of anilines is 1. The number of H-pyrrole nitrogens is 1. The number of hydrogen-bond acceptors (Lipinski definition) is 6. The second-order valence-corrected chi connectivity index (χ2v) is 5.53. The lowest BCUT2D eigenvalue weighted by atomic mass is 9.76. The lowest BCUT2D eigenvalue weighted by Gasteiger charge is -2.40. The summed E-state index contributed by atoms with van der Waals surface area (Å²) in [6.45, 7) is 0. The first-order valence-corrected chi connectivity index (χ1v) is 7.02. The number of carboxylic acid groups (broad SMARTS) is 1. The van der Waals surface area contributed by atoms with Gasteiger partial charge in [0.25, 0.3) is 0 Å². The molecule has 0 aliphatic heterocycles. The second kappa shape index (κ2) is 5.13. The largest absolute Gasteiger partial charge is 0.477 e. The standard InChI is InChI=1S/C11H12N6O3S/c18-8(19)6-4-12-9(14-6)11(2-1-3-11)16-10(20)15-7-5-13-17-21-7/h4-5H,1-3H2,(H,12,14)(H,18,19)(H2,15,16,20). The van der Waals surface area contributed by atoms with Crippen LogP contribution >= 0.6 is 11.5 Å². The summed E-state index contributed by atoms with van der Waals surface area (Å²) < 4.78 is 3.65. The van der Waals surface area contributed by atoms with Gasteiger partial charge in [-0.3, -0.25) is 5.32 Å². The number of nitrogens with one attached hydrogen (secondary N) is 3. The summed E-state index contributed by atoms with van der Waals surface area (Å²) in [6, 6.07) is -0.394. The lowest BCUT2D eigenvalue weighted by molar-refractivity contribution is 0.0690. The Balaban J connectivity index is 1.73. The number of nitrogens with zero attached hydrogens (tertiary/aromatic N) is 3. The number of imidazole rings is 1. The maximum Gasteiger partial charge on any atom is 0.353 e. The van der Waals surface area contributed by atoms with Crippen molar-refractivity contribution in [1.82, 2.24) is 24.9 Å². The van der Waals surface area contributed by atoms with Gasteiger partial charge in [0, 0.05) is 11.5 Å². The molecule has 0 unspecified atom stereocenters. The SMILES string of the molecule is O=C(Nc1cnns1)NC1(c2ncc(C(=O)O)[nH]2)CCC1. The van der Waals surface area contributed by atoms with Gasteiger partial charge in [-0.1, -0.05) is 4.49 Å². The van der Waals surface area contributed by atoms with E-state index in [-0.39, 0.29) is 5.69 Å². The van der Waals surface area contributed by atoms with E-state index >= 15 is 0 Å². The maximum absolute atomic E-state index is 12.0. The number of aromatic amines is 1. The van der Waals surface area contributed by atoms with Gasteiger partial charge in [0.05, 0.1) is 17.9 Å². The Bertz CT molecular complexity index is 663. The Labute approximate surface area is 123 Å². The quantitative estimate of drug-likeness (QED) is 0.670. The number of rotatable bonds is 4. The van der Waals surface area contributed by atoms with Crippen molar-refractivity contribution in [2.75, 3.05) is 5.32 Å². The molecule has 1 aliphatic carbocycles. The van der Waals surface area contributed by atoms with E-state index in [0.717, 1.165) is 18.0 Å². The van der Waals surface area contributed by atoms with Crippen molar-refractivity contribution in [2.45, 2.75) is 24.8 Å². The van der Waals surface area contributed by atoms with E-state index in [1.54, 1.807) is 0 Å². The fraction of sp³-hybridized carbons (Fsp3) is 0.364. The molecule has 2 heterocycles. The summed E-state index contributed by atoms with van der Waals surface area (Å²) in [5, 5.41) is 18.6. The molecule has 0 aromatic carbocycles. The summed E-state index contributed by atoms with van der Waals surface area (Å²) in [5.74, 6) is -0.618. The molecule has 0 bridgehead atoms. The molecule has 9 nitrogen and oxygen atoms in total. The number of aromatic nitrogens is 4. The third-order valence-corrected chi connectivity index (χ3v) is 4.00. The molecule has 110 valence electrons. The van der Waals surface area contributed by atoms with Crippen molar-refractivity contribution in [3.05, 3.63) is 23.9 Å². The molecule has 21 heavy (non-hydrogen) atoms. The number of amides is 2. The van der Waals surface area contributed by atoms with Crippen LogP contribution in [0.2, 0.25) is 0 Å². The van der Waals surface area contributed by atoms with Crippen LogP contribution in [0.5, 0.6) is 0 Å². The highest BCUT2D eigenvalue weighted by molar-refractivity contribution is 7.10. The number of hydrogen-bond donors (Lipinski definition) is 4. The Morgan fingerprint density at radius 1 is 1.38 bits per heavy atom. The van der Waals surface area contributed by atoms with Gasteiger partial charge < -0.3 is 15.4 Å². The normalized spacial score (nSPS) is 16.0. The van der Waals surface area contributed by atoms with E-state index in [1.807, 2.05) is 0 Å². The topological polar surface area (TPSA) is 133 Å². The molecule has 10 heteroatoms. The molecule has 2 aromatic heterocycles. The first kappa shape index (κ1) is 13.5. The van der Waals surface area contributed by atoms with Crippen LogP contribution < -0.4 is 10.6 Å². The van der Waals surface area contributed by atoms with Gasteiger partial charge in [0.1, 0.15) is 16.5 Å². The molecular weight excluding hydrogens is 296 g/mol. The Kier molecular flexibility index (Phi) is 3.29. The van der Waals surface area contributed by atoms with Crippen LogP contribution in [0.1, 0.15) is 35.6 Å². The molecule has 3 rings (SSSR count). The minimum Gasteiger partial charge on any atom is -0.477 e. The zero-order valence-corrected chi connectivity index (χ0v) is 11.6. The van der Waals surface area contributed by atoms with Gasteiger partial charge in [-0.2, -0.15) is 0 Å². The summed E-state index contributed by atoms with van der Waals surface area (Å²) in [4.78, 5) is 29.7. The summed E-state index contributed by atoms with van der Waals surface area (Å²) >= 11 is 1.07. The molecule has 1 aliphatic rings. The van der Waals surface area contributed by atoms with Crippen LogP contribution in [0.15, 0.2) is 12.4 Å². The van der Waals surface area contributed by atoms with Crippen LogP contribution in [-0.2, 0) is 5.54 Å². The molecule has 1 fully saturated rings. The molecule has 0 spiro atoms. The van der Waals surface area contributed by atoms with Gasteiger partial charge in [0.15, 0.2) is 0 Å². The van der Waals surface area contributed by atoms with Crippen molar-refractivity contribution >= 4 is 28.5 Å². The van der Waals surface area contributed by atoms with Crippen molar-refractivity contribution in [3.63, 3.8) is 0 Å². The first-order valence-electron chi connectivity index (χ1n) is 6.24. The van der Waals surface area contributed by atoms with Crippen LogP contribution in [-0.4, -0.2) is 36.7 Å². The van der Waals surface area contributed by atoms with Gasteiger partial charge in [-0.25, -0.2) is 14.6 Å². The first-order chi connectivity index (χ1) is 10.1. The predicted octanol–water partition coefficient (Wildman–Crippen LogP) is 1.16. The molecule has 0 saturated heterocycles. The van der Waals surface area contributed by atoms with E-state index in [4.69, 9.17) is 5.11 Å². The highest BCUT2D eigenvalue weighted by Gasteiger charge is 2.43. The van der Waals surface area contributed by atoms with E-state index in [0.29, 0.717) is 23.7 Å². The highest BCUT2D eigenvalue weighted by atomic mass is 32.1. The zero-order valence-electron chi connectivity index (χ0n) is 10.8. The van der Waals surface area contributed by atoms with Crippen LogP contribution in [0.3, 0.4) is 0 Å². The van der Waals surface area contributed by atoms with Gasteiger partial charge in [-0.15, -0.1) is 5.10 Å². The predicted molar refractivity (Wildman–Crippen MR) is 73.1 cm³/mol. The summed E-state index contributed by atoms with van der Waals surface area (Å²) in [6.07, 6.45) is 5.05. The average Bonchev–Trinajstić information content (AvgIpc) is 3.04. The molecule has 0 radical (unpaired) electrons. The van der Waals surface area contributed by atoms with Crippen LogP contribution in [0.4, 0.5) is 9.80 Å². The van der Waals surface area contributed by atoms with E-state index < -0.39 is 17.5 Å². The van der Waals surface area contributed by atoms with Gasteiger partial charge >= 0.3 is 12.0 Å². The second-order valence-electron chi connectivity index (χ2n) is 4.75. The molecule has 1 saturated carbocycles. The van der Waals surface area contributed by atoms with Crippen molar-refractivity contribution in [2.24, 2.45) is 0 Å². The van der Waals surface area contributed by atoms with Gasteiger partial charge in [0.2, 0.25) is 0 Å². The Morgan fingerprint density at radius 2 is 2.19 bits per heavy atom. The third kappa shape index (κ3) is 2.57. The fourth-order valence-corrected chi connectivity index (χ4v) is 2.62. The monoisotopic (exact) mass is 308 g/mol. The minimum absolute atomic E-state index is 0.00476. The number of urea groups is 1. The Morgan fingerprint density at radius 3 is 2.71 bits per heavy atom. The van der Waals surface area contributed by atoms with Crippen molar-refractivity contribution < 1.29 is 14.7 Å². The average molecular weight is 308 g/mol. The number of carboxylic acids is 1.